The summed E-state index contributed by atoms with van der Waals surface area (Å²) in [6.45, 7) is 12.6. The molecule has 0 saturated heterocycles. The van der Waals surface area contributed by atoms with Gasteiger partial charge in [-0.25, -0.2) is 0 Å². The Morgan fingerprint density at radius 2 is 0.377 bits per heavy atom. The van der Waals surface area contributed by atoms with Crippen molar-refractivity contribution >= 4 is 0 Å². The maximum absolute atomic E-state index is 6.26. The van der Waals surface area contributed by atoms with Crippen molar-refractivity contribution in [1.29, 1.82) is 0 Å². The third-order valence-corrected chi connectivity index (χ3v) is 14.3. The number of unbranched alkanes of at least 4 members (excludes halogenated alkanes) is 38. The van der Waals surface area contributed by atoms with E-state index < -0.39 is 0 Å². The third-order valence-electron chi connectivity index (χ3n) is 14.3. The molecule has 0 radical (unpaired) electrons. The predicted octanol–water partition coefficient (Wildman–Crippen LogP) is 20.5. The second-order valence-corrected chi connectivity index (χ2v) is 21.1. The highest BCUT2D eigenvalue weighted by molar-refractivity contribution is 4.58. The fourth-order valence-electron chi connectivity index (χ4n) is 9.54. The lowest BCUT2D eigenvalue weighted by atomic mass is 10.0. The predicted molar refractivity (Wildman–Crippen MR) is 298 cm³/mol. The Hall–Kier alpha value is -0.280. The molecule has 69 heavy (non-hydrogen) atoms. The van der Waals surface area contributed by atoms with E-state index in [1.165, 1.54) is 270 Å². The van der Waals surface area contributed by atoms with Gasteiger partial charge in [0.1, 0.15) is 0 Å². The minimum absolute atomic E-state index is 0.00148. The van der Waals surface area contributed by atoms with Crippen LogP contribution in [0.25, 0.3) is 0 Å². The van der Waals surface area contributed by atoms with E-state index >= 15 is 0 Å². The lowest BCUT2D eigenvalue weighted by Gasteiger charge is -2.23. The van der Waals surface area contributed by atoms with Gasteiger partial charge in [0.25, 0.3) is 0 Å². The highest BCUT2D eigenvalue weighted by Crippen LogP contribution is 2.20. The average Bonchev–Trinajstić information content (AvgIpc) is 3.36. The Kier molecular flexibility index (Phi) is 60.0. The van der Waals surface area contributed by atoms with E-state index in [2.05, 4.69) is 27.7 Å². The van der Waals surface area contributed by atoms with Crippen molar-refractivity contribution < 1.29 is 33.2 Å². The lowest BCUT2D eigenvalue weighted by Crippen LogP contribution is -2.25. The van der Waals surface area contributed by atoms with E-state index in [0.29, 0.717) is 0 Å². The summed E-state index contributed by atoms with van der Waals surface area (Å²) in [5.74, 6) is 0. The smallest absolute Gasteiger partial charge is 0.160 e. The Bertz CT molecular complexity index is 800. The van der Waals surface area contributed by atoms with E-state index in [4.69, 9.17) is 33.2 Å². The first-order chi connectivity index (χ1) is 34.1. The van der Waals surface area contributed by atoms with Gasteiger partial charge in [-0.2, -0.15) is 0 Å². The largest absolute Gasteiger partial charge is 0.356 e. The molecule has 0 aliphatic carbocycles. The molecule has 0 aromatic heterocycles. The van der Waals surface area contributed by atoms with E-state index in [9.17, 15) is 0 Å². The van der Waals surface area contributed by atoms with Crippen molar-refractivity contribution in [3.63, 3.8) is 0 Å². The Morgan fingerprint density at radius 1 is 0.203 bits per heavy atom. The standard InChI is InChI=1S/C62H126O7/c1-7-11-15-19-39-47-55-65-61(66-56-48-40-20-16-12-8-2)53-45-37-33-29-25-23-27-31-35-43-51-59(63-5)69-60(64-6)52-44-36-32-28-24-26-30-34-38-46-54-62(67-57-49-41-21-17-13-9-3)68-58-50-42-22-18-14-10-4/h59-62H,7-58H2,1-6H3. The zero-order valence-corrected chi connectivity index (χ0v) is 47.9. The van der Waals surface area contributed by atoms with Crippen LogP contribution >= 0.6 is 0 Å². The van der Waals surface area contributed by atoms with Crippen LogP contribution in [0, 0.1) is 0 Å². The SMILES string of the molecule is CCCCCCCCOC(CCCCCCCCCCCCC(OC)OC(CCCCCCCCCCCCC(OCCCCCCCC)OCCCCCCCC)OC)OCCCCCCCC. The number of methoxy groups -OCH3 is 2. The van der Waals surface area contributed by atoms with Crippen molar-refractivity contribution in [3.05, 3.63) is 0 Å². The summed E-state index contributed by atoms with van der Waals surface area (Å²) in [5.41, 5.74) is 0. The molecule has 7 heteroatoms. The lowest BCUT2D eigenvalue weighted by molar-refractivity contribution is -0.233. The molecule has 0 aromatic carbocycles. The molecule has 0 amide bonds. The van der Waals surface area contributed by atoms with Crippen LogP contribution in [-0.2, 0) is 33.2 Å². The molecule has 0 rings (SSSR count). The van der Waals surface area contributed by atoms with Crippen molar-refractivity contribution in [2.75, 3.05) is 40.6 Å². The number of ether oxygens (including phenoxy) is 7. The molecular formula is C62H126O7. The Labute approximate surface area is 433 Å². The summed E-state index contributed by atoms with van der Waals surface area (Å²) in [6, 6.07) is 0. The molecule has 0 bridgehead atoms. The van der Waals surface area contributed by atoms with Gasteiger partial charge in [-0.15, -0.1) is 0 Å². The molecule has 2 unspecified atom stereocenters. The topological polar surface area (TPSA) is 64.6 Å². The Morgan fingerprint density at radius 3 is 0.580 bits per heavy atom. The number of hydrogen-bond donors (Lipinski definition) is 0. The summed E-state index contributed by atoms with van der Waals surface area (Å²) < 4.78 is 42.7. The molecule has 0 spiro atoms. The van der Waals surface area contributed by atoms with Crippen LogP contribution in [0.15, 0.2) is 0 Å². The van der Waals surface area contributed by atoms with Gasteiger partial charge < -0.3 is 33.2 Å². The van der Waals surface area contributed by atoms with Crippen LogP contribution in [0.1, 0.15) is 336 Å². The minimum Gasteiger partial charge on any atom is -0.356 e. The van der Waals surface area contributed by atoms with Crippen molar-refractivity contribution in [1.82, 2.24) is 0 Å². The molecule has 7 nitrogen and oxygen atoms in total. The van der Waals surface area contributed by atoms with Gasteiger partial charge in [0.05, 0.1) is 0 Å². The molecule has 0 aliphatic rings. The summed E-state index contributed by atoms with van der Waals surface area (Å²) in [5, 5.41) is 0. The molecule has 0 aliphatic heterocycles. The maximum atomic E-state index is 6.26. The van der Waals surface area contributed by atoms with E-state index in [-0.39, 0.29) is 25.2 Å². The molecule has 0 saturated carbocycles. The minimum atomic E-state index is -0.169. The van der Waals surface area contributed by atoms with Crippen LogP contribution in [-0.4, -0.2) is 65.8 Å². The summed E-state index contributed by atoms with van der Waals surface area (Å²) in [7, 11) is 3.56. The molecule has 0 fully saturated rings. The zero-order valence-electron chi connectivity index (χ0n) is 47.9. The normalized spacial score (nSPS) is 12.9. The fourth-order valence-corrected chi connectivity index (χ4v) is 9.54. The van der Waals surface area contributed by atoms with Crippen molar-refractivity contribution in [3.8, 4) is 0 Å². The van der Waals surface area contributed by atoms with Gasteiger partial charge >= 0.3 is 0 Å². The van der Waals surface area contributed by atoms with Crippen molar-refractivity contribution in [2.45, 2.75) is 361 Å². The van der Waals surface area contributed by atoms with Gasteiger partial charge in [-0.1, -0.05) is 259 Å². The van der Waals surface area contributed by atoms with Crippen LogP contribution in [0.2, 0.25) is 0 Å². The highest BCUT2D eigenvalue weighted by atomic mass is 16.8. The quantitative estimate of drug-likeness (QED) is 0.0444. The third kappa shape index (κ3) is 53.8. The van der Waals surface area contributed by atoms with Gasteiger partial charge in [0.2, 0.25) is 0 Å². The Balaban J connectivity index is 3.97. The number of rotatable bonds is 62. The van der Waals surface area contributed by atoms with E-state index in [1.807, 2.05) is 0 Å². The second kappa shape index (κ2) is 60.3. The molecule has 416 valence electrons. The van der Waals surface area contributed by atoms with E-state index in [1.54, 1.807) is 14.2 Å². The molecule has 0 N–H and O–H groups in total. The van der Waals surface area contributed by atoms with Crippen molar-refractivity contribution in [2.24, 2.45) is 0 Å². The summed E-state index contributed by atoms with van der Waals surface area (Å²) in [6.07, 6.45) is 61.0. The van der Waals surface area contributed by atoms with Gasteiger partial charge in [0.15, 0.2) is 25.2 Å². The zero-order chi connectivity index (χ0) is 50.0. The van der Waals surface area contributed by atoms with Gasteiger partial charge in [-0.3, -0.25) is 0 Å². The molecule has 0 heterocycles. The van der Waals surface area contributed by atoms with Crippen LogP contribution in [0.5, 0.6) is 0 Å². The number of hydrogen-bond acceptors (Lipinski definition) is 7. The van der Waals surface area contributed by atoms with E-state index in [0.717, 1.165) is 65.0 Å². The summed E-state index contributed by atoms with van der Waals surface area (Å²) in [4.78, 5) is 0. The van der Waals surface area contributed by atoms with Crippen LogP contribution in [0.3, 0.4) is 0 Å². The second-order valence-electron chi connectivity index (χ2n) is 21.1. The molecular weight excluding hydrogens is 857 g/mol. The van der Waals surface area contributed by atoms with Gasteiger partial charge in [0, 0.05) is 40.6 Å². The fraction of sp³-hybridized carbons (Fsp3) is 1.00. The first kappa shape index (κ1) is 68.7. The first-order valence-corrected chi connectivity index (χ1v) is 31.3. The van der Waals surface area contributed by atoms with Crippen LogP contribution < -0.4 is 0 Å². The highest BCUT2D eigenvalue weighted by Gasteiger charge is 2.16. The van der Waals surface area contributed by atoms with Crippen LogP contribution in [0.4, 0.5) is 0 Å². The molecule has 0 aromatic rings. The maximum Gasteiger partial charge on any atom is 0.160 e. The summed E-state index contributed by atoms with van der Waals surface area (Å²) >= 11 is 0. The first-order valence-electron chi connectivity index (χ1n) is 31.3. The monoisotopic (exact) mass is 983 g/mol. The average molecular weight is 984 g/mol. The molecule has 2 atom stereocenters. The van der Waals surface area contributed by atoms with Gasteiger partial charge in [-0.05, 0) is 77.0 Å².